The van der Waals surface area contributed by atoms with E-state index in [0.717, 1.165) is 4.90 Å². The SMILES string of the molecule is CCN(CC)S(=O)(=O)c1ccc(O)c(NC(=O)C(C)Sc2ccccc2)c1. The standard InChI is InChI=1S/C19H24N2O4S2/c1-4-21(5-2)27(24,25)16-11-12-18(22)17(13-16)20-19(23)14(3)26-15-9-7-6-8-10-15/h6-14,22H,4-5H2,1-3H3,(H,20,23). The van der Waals surface area contributed by atoms with Crippen molar-refractivity contribution in [2.75, 3.05) is 18.4 Å². The van der Waals surface area contributed by atoms with Gasteiger partial charge in [-0.1, -0.05) is 32.0 Å². The van der Waals surface area contributed by atoms with E-state index in [9.17, 15) is 18.3 Å². The molecular formula is C19H24N2O4S2. The lowest BCUT2D eigenvalue weighted by Gasteiger charge is -2.19. The molecule has 0 aliphatic rings. The fraction of sp³-hybridized carbons (Fsp3) is 0.316. The first-order valence-corrected chi connectivity index (χ1v) is 11.0. The van der Waals surface area contributed by atoms with Crippen LogP contribution in [0.1, 0.15) is 20.8 Å². The zero-order valence-corrected chi connectivity index (χ0v) is 17.2. The van der Waals surface area contributed by atoms with Gasteiger partial charge in [0.25, 0.3) is 0 Å². The lowest BCUT2D eigenvalue weighted by atomic mass is 10.3. The van der Waals surface area contributed by atoms with Crippen LogP contribution in [0, 0.1) is 0 Å². The van der Waals surface area contributed by atoms with Gasteiger partial charge in [-0.05, 0) is 37.3 Å². The van der Waals surface area contributed by atoms with Crippen molar-refractivity contribution in [3.05, 3.63) is 48.5 Å². The van der Waals surface area contributed by atoms with Gasteiger partial charge in [-0.15, -0.1) is 11.8 Å². The minimum absolute atomic E-state index is 0.0302. The Balaban J connectivity index is 2.20. The van der Waals surface area contributed by atoms with Crippen LogP contribution in [-0.2, 0) is 14.8 Å². The van der Waals surface area contributed by atoms with E-state index in [2.05, 4.69) is 5.32 Å². The van der Waals surface area contributed by atoms with Gasteiger partial charge in [0, 0.05) is 18.0 Å². The van der Waals surface area contributed by atoms with E-state index < -0.39 is 15.3 Å². The first-order chi connectivity index (χ1) is 12.8. The molecule has 0 fully saturated rings. The number of benzene rings is 2. The molecule has 2 N–H and O–H groups in total. The third-order valence-corrected chi connectivity index (χ3v) is 7.15. The Bertz CT molecular complexity index is 882. The molecular weight excluding hydrogens is 384 g/mol. The number of nitrogens with zero attached hydrogens (tertiary/aromatic N) is 1. The van der Waals surface area contributed by atoms with E-state index in [1.807, 2.05) is 30.3 Å². The Hall–Kier alpha value is -2.03. The van der Waals surface area contributed by atoms with Gasteiger partial charge in [-0.25, -0.2) is 8.42 Å². The zero-order chi connectivity index (χ0) is 20.0. The molecule has 2 rings (SSSR count). The lowest BCUT2D eigenvalue weighted by Crippen LogP contribution is -2.30. The normalized spacial score (nSPS) is 12.7. The Morgan fingerprint density at radius 3 is 2.37 bits per heavy atom. The smallest absolute Gasteiger partial charge is 0.243 e. The number of amides is 1. The highest BCUT2D eigenvalue weighted by atomic mass is 32.2. The quantitative estimate of drug-likeness (QED) is 0.515. The molecule has 1 amide bonds. The van der Waals surface area contributed by atoms with Crippen LogP contribution in [-0.4, -0.2) is 42.1 Å². The van der Waals surface area contributed by atoms with Crippen molar-refractivity contribution in [3.8, 4) is 5.75 Å². The highest BCUT2D eigenvalue weighted by Crippen LogP contribution is 2.30. The van der Waals surface area contributed by atoms with Crippen LogP contribution in [0.4, 0.5) is 5.69 Å². The summed E-state index contributed by atoms with van der Waals surface area (Å²) in [5.41, 5.74) is 0.0775. The second kappa shape index (κ2) is 9.25. The Labute approximate surface area is 164 Å². The van der Waals surface area contributed by atoms with Crippen molar-refractivity contribution in [3.63, 3.8) is 0 Å². The maximum absolute atomic E-state index is 12.6. The van der Waals surface area contributed by atoms with Crippen LogP contribution in [0.25, 0.3) is 0 Å². The number of aromatic hydroxyl groups is 1. The molecule has 0 aromatic heterocycles. The topological polar surface area (TPSA) is 86.7 Å². The molecule has 27 heavy (non-hydrogen) atoms. The fourth-order valence-corrected chi connectivity index (χ4v) is 4.85. The van der Waals surface area contributed by atoms with E-state index in [-0.39, 0.29) is 22.2 Å². The van der Waals surface area contributed by atoms with Crippen LogP contribution < -0.4 is 5.32 Å². The molecule has 0 spiro atoms. The van der Waals surface area contributed by atoms with Gasteiger partial charge in [-0.3, -0.25) is 4.79 Å². The summed E-state index contributed by atoms with van der Waals surface area (Å²) in [7, 11) is -3.68. The molecule has 2 aromatic rings. The maximum atomic E-state index is 12.6. The van der Waals surface area contributed by atoms with Crippen molar-refractivity contribution >= 4 is 33.4 Å². The average molecular weight is 409 g/mol. The molecule has 0 heterocycles. The second-order valence-corrected chi connectivity index (χ2v) is 9.18. The van der Waals surface area contributed by atoms with Crippen molar-refractivity contribution in [1.29, 1.82) is 0 Å². The van der Waals surface area contributed by atoms with E-state index in [4.69, 9.17) is 0 Å². The number of rotatable bonds is 8. The molecule has 0 aliphatic heterocycles. The summed E-state index contributed by atoms with van der Waals surface area (Å²) in [5.74, 6) is -0.504. The lowest BCUT2D eigenvalue weighted by molar-refractivity contribution is -0.115. The number of phenols is 1. The van der Waals surface area contributed by atoms with Crippen LogP contribution in [0.3, 0.4) is 0 Å². The van der Waals surface area contributed by atoms with Crippen LogP contribution in [0.15, 0.2) is 58.3 Å². The van der Waals surface area contributed by atoms with Crippen LogP contribution in [0.5, 0.6) is 5.75 Å². The molecule has 0 saturated heterocycles. The van der Waals surface area contributed by atoms with Crippen LogP contribution >= 0.6 is 11.8 Å². The summed E-state index contributed by atoms with van der Waals surface area (Å²) in [5, 5.41) is 12.2. The number of carbonyl (C=O) groups excluding carboxylic acids is 1. The summed E-state index contributed by atoms with van der Waals surface area (Å²) in [6.45, 7) is 5.94. The van der Waals surface area contributed by atoms with Crippen LogP contribution in [0.2, 0.25) is 0 Å². The highest BCUT2D eigenvalue weighted by Gasteiger charge is 2.23. The average Bonchev–Trinajstić information content (AvgIpc) is 2.64. The molecule has 2 aromatic carbocycles. The number of phenolic OH excluding ortho intramolecular Hbond substituents is 1. The summed E-state index contributed by atoms with van der Waals surface area (Å²) in [6.07, 6.45) is 0. The van der Waals surface area contributed by atoms with Crippen molar-refractivity contribution < 1.29 is 18.3 Å². The predicted octanol–water partition coefficient (Wildman–Crippen LogP) is 3.54. The number of sulfonamides is 1. The molecule has 0 bridgehead atoms. The summed E-state index contributed by atoms with van der Waals surface area (Å²) in [6, 6.07) is 13.4. The van der Waals surface area contributed by atoms with Crippen molar-refractivity contribution in [2.45, 2.75) is 35.8 Å². The fourth-order valence-electron chi connectivity index (χ4n) is 2.48. The van der Waals surface area contributed by atoms with E-state index in [1.54, 1.807) is 20.8 Å². The molecule has 1 unspecified atom stereocenters. The number of hydrogen-bond donors (Lipinski definition) is 2. The number of anilines is 1. The number of hydrogen-bond acceptors (Lipinski definition) is 5. The third-order valence-electron chi connectivity index (χ3n) is 3.99. The summed E-state index contributed by atoms with van der Waals surface area (Å²) < 4.78 is 26.6. The van der Waals surface area contributed by atoms with E-state index in [1.165, 1.54) is 34.3 Å². The molecule has 146 valence electrons. The zero-order valence-electron chi connectivity index (χ0n) is 15.5. The molecule has 8 heteroatoms. The number of nitrogens with one attached hydrogen (secondary N) is 1. The molecule has 1 atom stereocenters. The molecule has 0 aliphatic carbocycles. The van der Waals surface area contributed by atoms with Crippen molar-refractivity contribution in [1.82, 2.24) is 4.31 Å². The maximum Gasteiger partial charge on any atom is 0.243 e. The largest absolute Gasteiger partial charge is 0.506 e. The Kier molecular flexibility index (Phi) is 7.29. The predicted molar refractivity (Wildman–Crippen MR) is 109 cm³/mol. The Morgan fingerprint density at radius 1 is 1.15 bits per heavy atom. The highest BCUT2D eigenvalue weighted by molar-refractivity contribution is 8.00. The first kappa shape index (κ1) is 21.3. The van der Waals surface area contributed by atoms with E-state index in [0.29, 0.717) is 13.1 Å². The van der Waals surface area contributed by atoms with Gasteiger partial charge in [0.2, 0.25) is 15.9 Å². The van der Waals surface area contributed by atoms with Gasteiger partial charge in [0.15, 0.2) is 0 Å². The van der Waals surface area contributed by atoms with Gasteiger partial charge in [-0.2, -0.15) is 4.31 Å². The van der Waals surface area contributed by atoms with Crippen molar-refractivity contribution in [2.24, 2.45) is 0 Å². The summed E-state index contributed by atoms with van der Waals surface area (Å²) >= 11 is 1.38. The van der Waals surface area contributed by atoms with Gasteiger partial charge in [0.05, 0.1) is 15.8 Å². The minimum Gasteiger partial charge on any atom is -0.506 e. The molecule has 0 radical (unpaired) electrons. The monoisotopic (exact) mass is 408 g/mol. The molecule has 6 nitrogen and oxygen atoms in total. The molecule has 0 saturated carbocycles. The van der Waals surface area contributed by atoms with E-state index >= 15 is 0 Å². The second-order valence-electron chi connectivity index (χ2n) is 5.83. The number of thioether (sulfide) groups is 1. The minimum atomic E-state index is -3.68. The third kappa shape index (κ3) is 5.24. The van der Waals surface area contributed by atoms with Gasteiger partial charge < -0.3 is 10.4 Å². The Morgan fingerprint density at radius 2 is 1.78 bits per heavy atom. The number of carbonyl (C=O) groups is 1. The van der Waals surface area contributed by atoms with Gasteiger partial charge >= 0.3 is 0 Å². The van der Waals surface area contributed by atoms with Gasteiger partial charge in [0.1, 0.15) is 5.75 Å². The first-order valence-electron chi connectivity index (χ1n) is 8.65. The summed E-state index contributed by atoms with van der Waals surface area (Å²) in [4.78, 5) is 13.5.